The highest BCUT2D eigenvalue weighted by Crippen LogP contribution is 2.24. The number of rotatable bonds is 7. The predicted molar refractivity (Wildman–Crippen MR) is 138 cm³/mol. The molecule has 0 unspecified atom stereocenters. The van der Waals surface area contributed by atoms with E-state index in [1.165, 1.54) is 12.1 Å². The molecule has 4 aromatic carbocycles. The minimum Gasteiger partial charge on any atom is -0.397 e. The Morgan fingerprint density at radius 2 is 1.37 bits per heavy atom. The highest BCUT2D eigenvalue weighted by atomic mass is 19.1. The molecule has 192 valence electrons. The molecule has 0 aliphatic rings. The monoisotopic (exact) mass is 519 g/mol. The number of halogens is 4. The smallest absolute Gasteiger partial charge is 0.255 e. The van der Waals surface area contributed by atoms with Crippen LogP contribution in [0.2, 0.25) is 0 Å². The minimum absolute atomic E-state index is 0.0132. The number of hydrogen-bond acceptors (Lipinski definition) is 3. The lowest BCUT2D eigenvalue weighted by molar-refractivity contribution is -0.115. The first kappa shape index (κ1) is 26.2. The molecular formula is C29H21F4N3O2. The molecule has 0 radical (unpaired) electrons. The lowest BCUT2D eigenvalue weighted by atomic mass is 10.0. The van der Waals surface area contributed by atoms with E-state index in [1.54, 1.807) is 48.5 Å². The third-order valence-electron chi connectivity index (χ3n) is 5.61. The van der Waals surface area contributed by atoms with Crippen molar-refractivity contribution in [2.75, 3.05) is 11.1 Å². The first-order chi connectivity index (χ1) is 18.2. The molecule has 0 bridgehead atoms. The topological polar surface area (TPSA) is 84.2 Å². The van der Waals surface area contributed by atoms with Crippen LogP contribution in [-0.2, 0) is 11.3 Å². The van der Waals surface area contributed by atoms with Gasteiger partial charge in [0.05, 0.1) is 11.4 Å². The van der Waals surface area contributed by atoms with Crippen molar-refractivity contribution in [2.45, 2.75) is 6.54 Å². The number of anilines is 2. The van der Waals surface area contributed by atoms with Gasteiger partial charge in [0.25, 0.3) is 11.8 Å². The van der Waals surface area contributed by atoms with E-state index in [2.05, 4.69) is 10.6 Å². The average molecular weight is 519 g/mol. The molecule has 4 aromatic rings. The molecular weight excluding hydrogens is 498 g/mol. The minimum atomic E-state index is -1.19. The van der Waals surface area contributed by atoms with E-state index < -0.39 is 34.7 Å². The van der Waals surface area contributed by atoms with Crippen molar-refractivity contribution in [1.82, 2.24) is 5.32 Å². The maximum atomic E-state index is 14.3. The van der Waals surface area contributed by atoms with Gasteiger partial charge in [0.15, 0.2) is 0 Å². The Bertz CT molecular complexity index is 1500. The number of nitrogens with two attached hydrogens (primary N) is 1. The quantitative estimate of drug-likeness (QED) is 0.122. The van der Waals surface area contributed by atoms with Crippen LogP contribution in [0.1, 0.15) is 27.0 Å². The Hall–Kier alpha value is -4.92. The van der Waals surface area contributed by atoms with E-state index in [9.17, 15) is 27.2 Å². The van der Waals surface area contributed by atoms with Crippen molar-refractivity contribution in [3.63, 3.8) is 0 Å². The Balaban J connectivity index is 1.51. The van der Waals surface area contributed by atoms with E-state index in [4.69, 9.17) is 5.73 Å². The van der Waals surface area contributed by atoms with Gasteiger partial charge in [-0.05, 0) is 53.6 Å². The summed E-state index contributed by atoms with van der Waals surface area (Å²) in [5.74, 6) is -5.13. The number of benzene rings is 4. The fraction of sp³-hybridized carbons (Fsp3) is 0.0345. The van der Waals surface area contributed by atoms with Crippen molar-refractivity contribution in [2.24, 2.45) is 0 Å². The van der Waals surface area contributed by atoms with Crippen LogP contribution in [0.4, 0.5) is 28.9 Å². The zero-order chi connectivity index (χ0) is 27.2. The summed E-state index contributed by atoms with van der Waals surface area (Å²) in [7, 11) is 0. The number of hydrogen-bond donors (Lipinski definition) is 3. The van der Waals surface area contributed by atoms with Gasteiger partial charge in [-0.25, -0.2) is 17.6 Å². The second-order valence-corrected chi connectivity index (χ2v) is 8.27. The van der Waals surface area contributed by atoms with E-state index in [-0.39, 0.29) is 23.6 Å². The first-order valence-corrected chi connectivity index (χ1v) is 11.4. The predicted octanol–water partition coefficient (Wildman–Crippen LogP) is 5.93. The summed E-state index contributed by atoms with van der Waals surface area (Å²) in [4.78, 5) is 25.5. The van der Waals surface area contributed by atoms with Crippen LogP contribution in [-0.4, -0.2) is 11.8 Å². The van der Waals surface area contributed by atoms with E-state index >= 15 is 0 Å². The molecule has 5 nitrogen and oxygen atoms in total. The third-order valence-corrected chi connectivity index (χ3v) is 5.61. The fourth-order valence-corrected chi connectivity index (χ4v) is 3.60. The molecule has 2 amide bonds. The van der Waals surface area contributed by atoms with E-state index in [0.717, 1.165) is 18.2 Å². The highest BCUT2D eigenvalue weighted by Gasteiger charge is 2.17. The van der Waals surface area contributed by atoms with E-state index in [1.807, 2.05) is 0 Å². The van der Waals surface area contributed by atoms with Crippen LogP contribution in [0, 0.1) is 23.3 Å². The van der Waals surface area contributed by atoms with Gasteiger partial charge in [-0.15, -0.1) is 0 Å². The number of amides is 2. The summed E-state index contributed by atoms with van der Waals surface area (Å²) in [6.45, 7) is 0.0132. The zero-order valence-electron chi connectivity index (χ0n) is 19.8. The summed E-state index contributed by atoms with van der Waals surface area (Å²) < 4.78 is 55.3. The highest BCUT2D eigenvalue weighted by molar-refractivity contribution is 6.24. The fourth-order valence-electron chi connectivity index (χ4n) is 3.60. The molecule has 0 spiro atoms. The summed E-state index contributed by atoms with van der Waals surface area (Å²) >= 11 is 0. The Morgan fingerprint density at radius 1 is 0.763 bits per heavy atom. The van der Waals surface area contributed by atoms with Crippen LogP contribution in [0.5, 0.6) is 0 Å². The molecule has 0 fully saturated rings. The number of carbonyl (C=O) groups excluding carboxylic acids is 2. The van der Waals surface area contributed by atoms with Gasteiger partial charge >= 0.3 is 0 Å². The number of para-hydroxylation sites is 2. The molecule has 0 aliphatic carbocycles. The number of nitrogen functional groups attached to an aromatic ring is 1. The molecule has 0 saturated heterocycles. The maximum absolute atomic E-state index is 14.3. The molecule has 0 aromatic heterocycles. The van der Waals surface area contributed by atoms with Gasteiger partial charge in [0.2, 0.25) is 0 Å². The van der Waals surface area contributed by atoms with Gasteiger partial charge in [-0.3, -0.25) is 9.59 Å². The molecule has 9 heteroatoms. The summed E-state index contributed by atoms with van der Waals surface area (Å²) in [5.41, 5.74) is 7.15. The summed E-state index contributed by atoms with van der Waals surface area (Å²) in [6.07, 6.45) is 0.940. The molecule has 0 aliphatic heterocycles. The maximum Gasteiger partial charge on any atom is 0.255 e. The van der Waals surface area contributed by atoms with Crippen LogP contribution in [0.3, 0.4) is 0 Å². The third kappa shape index (κ3) is 6.25. The number of nitrogens with one attached hydrogen (secondary N) is 2. The standard InChI is InChI=1S/C29H21F4N3O2/c30-20-11-9-18(10-12-20)22(15-23-24(32)13-21(31)14-25(23)33)29(38)35-16-17-5-7-19(8-6-17)28(37)36-27-4-2-1-3-26(27)34/h1-15H,16,34H2,(H,35,38)(H,36,37)/b22-15-. The molecule has 4 rings (SSSR count). The van der Waals surface area contributed by atoms with Crippen LogP contribution >= 0.6 is 0 Å². The van der Waals surface area contributed by atoms with Gasteiger partial charge in [0, 0.05) is 35.4 Å². The Labute approximate surface area is 215 Å². The van der Waals surface area contributed by atoms with Crippen molar-refractivity contribution < 1.29 is 27.2 Å². The number of carbonyl (C=O) groups is 2. The zero-order valence-corrected chi connectivity index (χ0v) is 19.8. The summed E-state index contributed by atoms with van der Waals surface area (Å²) in [6, 6.07) is 19.0. The van der Waals surface area contributed by atoms with Crippen LogP contribution in [0.15, 0.2) is 84.9 Å². The largest absolute Gasteiger partial charge is 0.397 e. The summed E-state index contributed by atoms with van der Waals surface area (Å²) in [5, 5.41) is 5.36. The van der Waals surface area contributed by atoms with Crippen LogP contribution in [0.25, 0.3) is 11.6 Å². The Morgan fingerprint density at radius 3 is 2.00 bits per heavy atom. The lowest BCUT2D eigenvalue weighted by Crippen LogP contribution is -2.24. The van der Waals surface area contributed by atoms with Gasteiger partial charge < -0.3 is 16.4 Å². The molecule has 38 heavy (non-hydrogen) atoms. The van der Waals surface area contributed by atoms with Crippen molar-refractivity contribution >= 4 is 34.8 Å². The molecule has 4 N–H and O–H groups in total. The van der Waals surface area contributed by atoms with Gasteiger partial charge in [-0.1, -0.05) is 36.4 Å². The van der Waals surface area contributed by atoms with Crippen molar-refractivity contribution in [3.05, 3.63) is 130 Å². The van der Waals surface area contributed by atoms with Gasteiger partial charge in [-0.2, -0.15) is 0 Å². The van der Waals surface area contributed by atoms with Crippen molar-refractivity contribution in [1.29, 1.82) is 0 Å². The molecule has 0 atom stereocenters. The first-order valence-electron chi connectivity index (χ1n) is 11.4. The van der Waals surface area contributed by atoms with Crippen molar-refractivity contribution in [3.8, 4) is 0 Å². The molecule has 0 heterocycles. The lowest BCUT2D eigenvalue weighted by Gasteiger charge is -2.12. The van der Waals surface area contributed by atoms with Crippen LogP contribution < -0.4 is 16.4 Å². The van der Waals surface area contributed by atoms with E-state index in [0.29, 0.717) is 34.6 Å². The second kappa shape index (κ2) is 11.4. The average Bonchev–Trinajstić information content (AvgIpc) is 2.89. The molecule has 0 saturated carbocycles. The normalized spacial score (nSPS) is 11.2. The Kier molecular flexibility index (Phi) is 7.86. The SMILES string of the molecule is Nc1ccccc1NC(=O)c1ccc(CNC(=O)/C(=C\c2c(F)cc(F)cc2F)c2ccc(F)cc2)cc1. The second-order valence-electron chi connectivity index (χ2n) is 8.27. The van der Waals surface area contributed by atoms with Gasteiger partial charge in [0.1, 0.15) is 23.3 Å².